The second kappa shape index (κ2) is 6.32. The van der Waals surface area contributed by atoms with Crippen LogP contribution in [0.15, 0.2) is 12.2 Å². The van der Waals surface area contributed by atoms with Crippen LogP contribution in [0.2, 0.25) is 0 Å². The molecule has 0 heterocycles. The van der Waals surface area contributed by atoms with Gasteiger partial charge in [0.1, 0.15) is 0 Å². The third-order valence-corrected chi connectivity index (χ3v) is 2.54. The van der Waals surface area contributed by atoms with Crippen molar-refractivity contribution in [1.82, 2.24) is 0 Å². The molecule has 0 aliphatic rings. The molecule has 0 aromatic heterocycles. The lowest BCUT2D eigenvalue weighted by molar-refractivity contribution is 0.124. The van der Waals surface area contributed by atoms with Gasteiger partial charge in [-0.2, -0.15) is 0 Å². The molecule has 1 N–H and O–H groups in total. The molecule has 2 unspecified atom stereocenters. The molecule has 0 radical (unpaired) electrons. The fourth-order valence-electron chi connectivity index (χ4n) is 2.12. The quantitative estimate of drug-likeness (QED) is 0.655. The van der Waals surface area contributed by atoms with Crippen molar-refractivity contribution >= 4 is 0 Å². The number of aliphatic hydroxyl groups is 1. The summed E-state index contributed by atoms with van der Waals surface area (Å²) in [7, 11) is 0. The highest BCUT2D eigenvalue weighted by molar-refractivity contribution is 4.88. The molecular weight excluding hydrogens is 184 g/mol. The van der Waals surface area contributed by atoms with Gasteiger partial charge in [-0.05, 0) is 43.9 Å². The minimum atomic E-state index is -0.154. The van der Waals surface area contributed by atoms with Crippen LogP contribution in [0.4, 0.5) is 0 Å². The van der Waals surface area contributed by atoms with Crippen molar-refractivity contribution in [2.24, 2.45) is 11.3 Å². The van der Waals surface area contributed by atoms with Crippen LogP contribution in [-0.2, 0) is 0 Å². The van der Waals surface area contributed by atoms with E-state index in [4.69, 9.17) is 0 Å². The van der Waals surface area contributed by atoms with Crippen molar-refractivity contribution < 1.29 is 5.11 Å². The van der Waals surface area contributed by atoms with E-state index in [0.29, 0.717) is 11.3 Å². The van der Waals surface area contributed by atoms with E-state index in [1.165, 1.54) is 6.42 Å². The van der Waals surface area contributed by atoms with Gasteiger partial charge in [0.05, 0.1) is 6.10 Å². The van der Waals surface area contributed by atoms with E-state index in [0.717, 1.165) is 24.8 Å². The van der Waals surface area contributed by atoms with E-state index < -0.39 is 0 Å². The first-order valence-corrected chi connectivity index (χ1v) is 6.03. The van der Waals surface area contributed by atoms with E-state index >= 15 is 0 Å². The molecule has 0 bridgehead atoms. The Kier molecular flexibility index (Phi) is 6.19. The first kappa shape index (κ1) is 14.7. The first-order chi connectivity index (χ1) is 6.70. The number of rotatable bonds is 6. The van der Waals surface area contributed by atoms with E-state index in [1.807, 2.05) is 6.92 Å². The van der Waals surface area contributed by atoms with Crippen LogP contribution in [0.1, 0.15) is 60.3 Å². The average Bonchev–Trinajstić information content (AvgIpc) is 1.96. The lowest BCUT2D eigenvalue weighted by Gasteiger charge is -2.24. The summed E-state index contributed by atoms with van der Waals surface area (Å²) in [5, 5.41) is 9.82. The maximum atomic E-state index is 9.82. The van der Waals surface area contributed by atoms with E-state index in [-0.39, 0.29) is 6.10 Å². The highest BCUT2D eigenvalue weighted by atomic mass is 16.3. The van der Waals surface area contributed by atoms with E-state index in [1.54, 1.807) is 0 Å². The summed E-state index contributed by atoms with van der Waals surface area (Å²) in [5.74, 6) is 0.602. The van der Waals surface area contributed by atoms with Crippen LogP contribution >= 0.6 is 0 Å². The maximum absolute atomic E-state index is 9.82. The molecule has 90 valence electrons. The van der Waals surface area contributed by atoms with Gasteiger partial charge < -0.3 is 5.11 Å². The van der Waals surface area contributed by atoms with Crippen molar-refractivity contribution in [3.8, 4) is 0 Å². The summed E-state index contributed by atoms with van der Waals surface area (Å²) >= 11 is 0. The molecule has 0 saturated carbocycles. The zero-order chi connectivity index (χ0) is 12.1. The number of hydrogen-bond acceptors (Lipinski definition) is 1. The second-order valence-corrected chi connectivity index (χ2v) is 6.26. The fraction of sp³-hybridized carbons (Fsp3) is 0.857. The molecule has 0 spiro atoms. The largest absolute Gasteiger partial charge is 0.393 e. The maximum Gasteiger partial charge on any atom is 0.0545 e. The highest BCUT2D eigenvalue weighted by Gasteiger charge is 2.17. The minimum Gasteiger partial charge on any atom is -0.393 e. The topological polar surface area (TPSA) is 20.2 Å². The lowest BCUT2D eigenvalue weighted by atomic mass is 9.83. The first-order valence-electron chi connectivity index (χ1n) is 6.03. The third kappa shape index (κ3) is 9.99. The molecule has 0 amide bonds. The van der Waals surface area contributed by atoms with Crippen molar-refractivity contribution in [2.75, 3.05) is 0 Å². The predicted octanol–water partition coefficient (Wildman–Crippen LogP) is 4.17. The number of allylic oxidation sites excluding steroid dienone is 1. The Hall–Kier alpha value is -0.300. The Morgan fingerprint density at radius 3 is 2.27 bits per heavy atom. The van der Waals surface area contributed by atoms with Crippen LogP contribution in [0, 0.1) is 11.3 Å². The smallest absolute Gasteiger partial charge is 0.0545 e. The Morgan fingerprint density at radius 2 is 1.87 bits per heavy atom. The van der Waals surface area contributed by atoms with Gasteiger partial charge in [-0.15, -0.1) is 6.58 Å². The Balaban J connectivity index is 3.76. The molecule has 0 rings (SSSR count). The summed E-state index contributed by atoms with van der Waals surface area (Å²) < 4.78 is 0. The standard InChI is InChI=1S/C14H28O/c1-11(2)7-8-13(15)9-12(3)10-14(4,5)6/h12-13,15H,1,7-10H2,2-6H3. The second-order valence-electron chi connectivity index (χ2n) is 6.26. The molecule has 0 aliphatic heterocycles. The molecule has 0 aromatic carbocycles. The zero-order valence-corrected chi connectivity index (χ0v) is 11.1. The Labute approximate surface area is 95.6 Å². The van der Waals surface area contributed by atoms with E-state index in [9.17, 15) is 5.11 Å². The Bertz CT molecular complexity index is 188. The molecule has 1 nitrogen and oxygen atoms in total. The third-order valence-electron chi connectivity index (χ3n) is 2.54. The molecule has 0 saturated heterocycles. The summed E-state index contributed by atoms with van der Waals surface area (Å²) in [6, 6.07) is 0. The van der Waals surface area contributed by atoms with Gasteiger partial charge in [-0.3, -0.25) is 0 Å². The van der Waals surface area contributed by atoms with Crippen LogP contribution in [0.25, 0.3) is 0 Å². The number of hydrogen-bond donors (Lipinski definition) is 1. The molecule has 0 aliphatic carbocycles. The summed E-state index contributed by atoms with van der Waals surface area (Å²) in [6.45, 7) is 14.9. The summed E-state index contributed by atoms with van der Waals surface area (Å²) in [6.07, 6.45) is 3.76. The average molecular weight is 212 g/mol. The van der Waals surface area contributed by atoms with Gasteiger partial charge in [-0.25, -0.2) is 0 Å². The summed E-state index contributed by atoms with van der Waals surface area (Å²) in [4.78, 5) is 0. The molecule has 15 heavy (non-hydrogen) atoms. The van der Waals surface area contributed by atoms with Crippen LogP contribution in [0.3, 0.4) is 0 Å². The Morgan fingerprint density at radius 1 is 1.33 bits per heavy atom. The van der Waals surface area contributed by atoms with Crippen molar-refractivity contribution in [2.45, 2.75) is 66.4 Å². The van der Waals surface area contributed by atoms with Gasteiger partial charge in [0.25, 0.3) is 0 Å². The normalized spacial score (nSPS) is 16.1. The summed E-state index contributed by atoms with van der Waals surface area (Å²) in [5.41, 5.74) is 1.53. The van der Waals surface area contributed by atoms with Crippen LogP contribution in [-0.4, -0.2) is 11.2 Å². The molecule has 1 heteroatoms. The highest BCUT2D eigenvalue weighted by Crippen LogP contribution is 2.27. The van der Waals surface area contributed by atoms with Gasteiger partial charge in [0.2, 0.25) is 0 Å². The van der Waals surface area contributed by atoms with Gasteiger partial charge in [-0.1, -0.05) is 33.3 Å². The molecular formula is C14H28O. The van der Waals surface area contributed by atoms with Crippen LogP contribution in [0.5, 0.6) is 0 Å². The van der Waals surface area contributed by atoms with Gasteiger partial charge >= 0.3 is 0 Å². The SMILES string of the molecule is C=C(C)CCC(O)CC(C)CC(C)(C)C. The number of aliphatic hydroxyl groups excluding tert-OH is 1. The van der Waals surface area contributed by atoms with Crippen LogP contribution < -0.4 is 0 Å². The van der Waals surface area contributed by atoms with Crippen molar-refractivity contribution in [3.63, 3.8) is 0 Å². The van der Waals surface area contributed by atoms with Gasteiger partial charge in [0, 0.05) is 0 Å². The predicted molar refractivity (Wildman–Crippen MR) is 67.9 cm³/mol. The monoisotopic (exact) mass is 212 g/mol. The van der Waals surface area contributed by atoms with Gasteiger partial charge in [0.15, 0.2) is 0 Å². The van der Waals surface area contributed by atoms with Crippen molar-refractivity contribution in [1.29, 1.82) is 0 Å². The minimum absolute atomic E-state index is 0.154. The van der Waals surface area contributed by atoms with E-state index in [2.05, 4.69) is 34.3 Å². The fourth-order valence-corrected chi connectivity index (χ4v) is 2.12. The molecule has 2 atom stereocenters. The lowest BCUT2D eigenvalue weighted by Crippen LogP contribution is -2.17. The molecule has 0 aromatic rings. The van der Waals surface area contributed by atoms with Crippen molar-refractivity contribution in [3.05, 3.63) is 12.2 Å². The zero-order valence-electron chi connectivity index (χ0n) is 11.1. The molecule has 0 fully saturated rings.